The molecule has 1 heterocycles. The molecule has 0 saturated heterocycles. The summed E-state index contributed by atoms with van der Waals surface area (Å²) in [5.74, 6) is 2.13. The van der Waals surface area contributed by atoms with Crippen LogP contribution in [0.25, 0.3) is 0 Å². The normalized spacial score (nSPS) is 16.1. The molecule has 0 aliphatic heterocycles. The van der Waals surface area contributed by atoms with Crippen LogP contribution in [0.5, 0.6) is 0 Å². The highest BCUT2D eigenvalue weighted by molar-refractivity contribution is 4.95. The van der Waals surface area contributed by atoms with Gasteiger partial charge < -0.3 is 9.88 Å². The molecule has 1 N–H and O–H groups in total. The fraction of sp³-hybridized carbons (Fsp3) is 0.800. The second kappa shape index (κ2) is 4.09. The van der Waals surface area contributed by atoms with E-state index in [0.29, 0.717) is 0 Å². The van der Waals surface area contributed by atoms with Crippen molar-refractivity contribution >= 4 is 0 Å². The minimum Gasteiger partial charge on any atom is -0.315 e. The molecular weight excluding hydrogens is 176 g/mol. The van der Waals surface area contributed by atoms with Crippen LogP contribution in [-0.2, 0) is 13.0 Å². The molecular formula is C10H18N4. The number of aromatic nitrogens is 3. The molecule has 0 aromatic carbocycles. The molecule has 4 heteroatoms. The Hall–Kier alpha value is -0.900. The van der Waals surface area contributed by atoms with E-state index in [1.807, 2.05) is 6.92 Å². The first kappa shape index (κ1) is 9.65. The lowest BCUT2D eigenvalue weighted by atomic mass is 10.4. The number of hydrogen-bond donors (Lipinski definition) is 1. The maximum absolute atomic E-state index is 4.18. The Morgan fingerprint density at radius 3 is 2.86 bits per heavy atom. The molecule has 1 aliphatic rings. The van der Waals surface area contributed by atoms with Crippen LogP contribution in [0, 0.1) is 6.92 Å². The second-order valence-corrected chi connectivity index (χ2v) is 3.89. The number of aryl methyl sites for hydroxylation is 1. The van der Waals surface area contributed by atoms with Gasteiger partial charge in [0.1, 0.15) is 11.6 Å². The van der Waals surface area contributed by atoms with Crippen molar-refractivity contribution < 1.29 is 0 Å². The Morgan fingerprint density at radius 1 is 1.43 bits per heavy atom. The molecule has 1 saturated carbocycles. The van der Waals surface area contributed by atoms with Crippen molar-refractivity contribution in [3.05, 3.63) is 11.6 Å². The SMILES string of the molecule is CCn1c(C)nnc1CCNC1CC1. The van der Waals surface area contributed by atoms with Gasteiger partial charge >= 0.3 is 0 Å². The van der Waals surface area contributed by atoms with E-state index in [4.69, 9.17) is 0 Å². The van der Waals surface area contributed by atoms with Gasteiger partial charge in [0.2, 0.25) is 0 Å². The summed E-state index contributed by atoms with van der Waals surface area (Å²) in [7, 11) is 0. The molecule has 0 spiro atoms. The van der Waals surface area contributed by atoms with Gasteiger partial charge in [0.25, 0.3) is 0 Å². The largest absolute Gasteiger partial charge is 0.315 e. The van der Waals surface area contributed by atoms with Gasteiger partial charge in [-0.25, -0.2) is 0 Å². The summed E-state index contributed by atoms with van der Waals surface area (Å²) in [5, 5.41) is 11.7. The molecule has 1 aromatic heterocycles. The van der Waals surface area contributed by atoms with Crippen LogP contribution in [0.1, 0.15) is 31.4 Å². The topological polar surface area (TPSA) is 42.7 Å². The lowest BCUT2D eigenvalue weighted by Crippen LogP contribution is -2.20. The van der Waals surface area contributed by atoms with E-state index in [0.717, 1.165) is 37.2 Å². The molecule has 0 unspecified atom stereocenters. The highest BCUT2D eigenvalue weighted by Gasteiger charge is 2.20. The summed E-state index contributed by atoms with van der Waals surface area (Å²) in [6.45, 7) is 6.14. The summed E-state index contributed by atoms with van der Waals surface area (Å²) >= 11 is 0. The average molecular weight is 194 g/mol. The Bertz CT molecular complexity index is 301. The molecule has 1 fully saturated rings. The second-order valence-electron chi connectivity index (χ2n) is 3.89. The number of nitrogens with zero attached hydrogens (tertiary/aromatic N) is 3. The van der Waals surface area contributed by atoms with Crippen LogP contribution in [0.4, 0.5) is 0 Å². The Labute approximate surface area is 84.7 Å². The highest BCUT2D eigenvalue weighted by atomic mass is 15.3. The third-order valence-electron chi connectivity index (χ3n) is 2.69. The zero-order valence-electron chi connectivity index (χ0n) is 8.95. The van der Waals surface area contributed by atoms with E-state index >= 15 is 0 Å². The molecule has 0 radical (unpaired) electrons. The Balaban J connectivity index is 1.87. The third-order valence-corrected chi connectivity index (χ3v) is 2.69. The van der Waals surface area contributed by atoms with Crippen molar-refractivity contribution in [2.75, 3.05) is 6.54 Å². The van der Waals surface area contributed by atoms with Crippen LogP contribution in [-0.4, -0.2) is 27.4 Å². The van der Waals surface area contributed by atoms with Crippen molar-refractivity contribution in [3.8, 4) is 0 Å². The lowest BCUT2D eigenvalue weighted by Gasteiger charge is -2.05. The van der Waals surface area contributed by atoms with Gasteiger partial charge in [-0.05, 0) is 26.7 Å². The predicted octanol–water partition coefficient (Wildman–Crippen LogP) is 0.901. The zero-order chi connectivity index (χ0) is 9.97. The summed E-state index contributed by atoms with van der Waals surface area (Å²) in [6, 6.07) is 0.786. The molecule has 0 amide bonds. The molecule has 14 heavy (non-hydrogen) atoms. The number of nitrogens with one attached hydrogen (secondary N) is 1. The van der Waals surface area contributed by atoms with E-state index in [2.05, 4.69) is 27.0 Å². The smallest absolute Gasteiger partial charge is 0.134 e. The Morgan fingerprint density at radius 2 is 2.21 bits per heavy atom. The first-order chi connectivity index (χ1) is 6.81. The van der Waals surface area contributed by atoms with E-state index in [1.165, 1.54) is 12.8 Å². The molecule has 4 nitrogen and oxygen atoms in total. The minimum atomic E-state index is 0.786. The quantitative estimate of drug-likeness (QED) is 0.757. The van der Waals surface area contributed by atoms with E-state index in [1.54, 1.807) is 0 Å². The maximum Gasteiger partial charge on any atom is 0.134 e. The van der Waals surface area contributed by atoms with Crippen molar-refractivity contribution in [3.63, 3.8) is 0 Å². The van der Waals surface area contributed by atoms with Gasteiger partial charge in [0, 0.05) is 25.6 Å². The minimum absolute atomic E-state index is 0.786. The first-order valence-electron chi connectivity index (χ1n) is 5.43. The zero-order valence-corrected chi connectivity index (χ0v) is 8.95. The lowest BCUT2D eigenvalue weighted by molar-refractivity contribution is 0.624. The van der Waals surface area contributed by atoms with Gasteiger partial charge in [0.05, 0.1) is 0 Å². The van der Waals surface area contributed by atoms with Gasteiger partial charge in [-0.1, -0.05) is 0 Å². The summed E-state index contributed by atoms with van der Waals surface area (Å²) in [6.07, 6.45) is 3.68. The summed E-state index contributed by atoms with van der Waals surface area (Å²) in [5.41, 5.74) is 0. The first-order valence-corrected chi connectivity index (χ1v) is 5.43. The maximum atomic E-state index is 4.18. The predicted molar refractivity (Wildman–Crippen MR) is 55.2 cm³/mol. The molecule has 1 aliphatic carbocycles. The highest BCUT2D eigenvalue weighted by Crippen LogP contribution is 2.18. The third kappa shape index (κ3) is 2.12. The molecule has 0 bridgehead atoms. The molecule has 1 aromatic rings. The fourth-order valence-electron chi connectivity index (χ4n) is 1.70. The van der Waals surface area contributed by atoms with Crippen LogP contribution in [0.2, 0.25) is 0 Å². The van der Waals surface area contributed by atoms with Crippen molar-refractivity contribution in [1.82, 2.24) is 20.1 Å². The van der Waals surface area contributed by atoms with Crippen molar-refractivity contribution in [2.24, 2.45) is 0 Å². The number of hydrogen-bond acceptors (Lipinski definition) is 3. The van der Waals surface area contributed by atoms with Crippen molar-refractivity contribution in [1.29, 1.82) is 0 Å². The average Bonchev–Trinajstić information content (AvgIpc) is 2.92. The summed E-state index contributed by atoms with van der Waals surface area (Å²) < 4.78 is 2.18. The van der Waals surface area contributed by atoms with Crippen LogP contribution in [0.3, 0.4) is 0 Å². The van der Waals surface area contributed by atoms with Gasteiger partial charge in [-0.3, -0.25) is 0 Å². The fourth-order valence-corrected chi connectivity index (χ4v) is 1.70. The monoisotopic (exact) mass is 194 g/mol. The molecule has 78 valence electrons. The van der Waals surface area contributed by atoms with E-state index in [9.17, 15) is 0 Å². The van der Waals surface area contributed by atoms with Gasteiger partial charge in [0.15, 0.2) is 0 Å². The Kier molecular flexibility index (Phi) is 2.82. The van der Waals surface area contributed by atoms with Crippen LogP contribution >= 0.6 is 0 Å². The number of rotatable bonds is 5. The van der Waals surface area contributed by atoms with E-state index < -0.39 is 0 Å². The van der Waals surface area contributed by atoms with Crippen molar-refractivity contribution in [2.45, 2.75) is 45.7 Å². The summed E-state index contributed by atoms with van der Waals surface area (Å²) in [4.78, 5) is 0. The molecule has 0 atom stereocenters. The van der Waals surface area contributed by atoms with Gasteiger partial charge in [-0.15, -0.1) is 10.2 Å². The standard InChI is InChI=1S/C10H18N4/c1-3-14-8(2)12-13-10(14)6-7-11-9-4-5-9/h9,11H,3-7H2,1-2H3. The van der Waals surface area contributed by atoms with Crippen LogP contribution < -0.4 is 5.32 Å². The van der Waals surface area contributed by atoms with E-state index in [-0.39, 0.29) is 0 Å². The van der Waals surface area contributed by atoms with Gasteiger partial charge in [-0.2, -0.15) is 0 Å². The molecule has 2 rings (SSSR count). The van der Waals surface area contributed by atoms with Crippen LogP contribution in [0.15, 0.2) is 0 Å².